The van der Waals surface area contributed by atoms with E-state index < -0.39 is 0 Å². The van der Waals surface area contributed by atoms with E-state index >= 15 is 0 Å². The summed E-state index contributed by atoms with van der Waals surface area (Å²) in [5.74, 6) is 1.07. The minimum atomic E-state index is -0.101. The summed E-state index contributed by atoms with van der Waals surface area (Å²) in [4.78, 5) is 11.9. The summed E-state index contributed by atoms with van der Waals surface area (Å²) < 4.78 is 5.60. The molecule has 1 heterocycles. The zero-order chi connectivity index (χ0) is 12.5. The normalized spacial score (nSPS) is 32.2. The Kier molecular flexibility index (Phi) is 4.17. The average Bonchev–Trinajstić information content (AvgIpc) is 2.22. The number of hydrogen-bond donors (Lipinski definition) is 0. The number of carbonyl (C=O) groups is 1. The Bertz CT molecular complexity index is 300. The zero-order valence-electron chi connectivity index (χ0n) is 11.3. The highest BCUT2D eigenvalue weighted by Gasteiger charge is 2.39. The fraction of sp³-hybridized carbons (Fsp3) is 0.786. The monoisotopic (exact) mass is 224 g/mol. The smallest absolute Gasteiger partial charge is 0.334 e. The highest BCUT2D eigenvalue weighted by molar-refractivity contribution is 5.90. The highest BCUT2D eigenvalue weighted by atomic mass is 16.5. The standard InChI is InChI=1S/C14H24O2/c1-7-9(4)13-11(6)10(5)12(8(2)3)14(15)16-13/h9-11,13H,7H2,1-6H3. The molecule has 1 aliphatic rings. The molecule has 16 heavy (non-hydrogen) atoms. The summed E-state index contributed by atoms with van der Waals surface area (Å²) in [7, 11) is 0. The van der Waals surface area contributed by atoms with Crippen LogP contribution in [0.25, 0.3) is 0 Å². The SMILES string of the molecule is CCC(C)C1OC(=O)C(=C(C)C)C(C)C1C. The van der Waals surface area contributed by atoms with Gasteiger partial charge in [-0.1, -0.05) is 39.7 Å². The second kappa shape index (κ2) is 5.03. The predicted molar refractivity (Wildman–Crippen MR) is 66.0 cm³/mol. The molecule has 0 aromatic rings. The lowest BCUT2D eigenvalue weighted by atomic mass is 9.76. The van der Waals surface area contributed by atoms with Crippen molar-refractivity contribution in [2.45, 2.75) is 54.1 Å². The van der Waals surface area contributed by atoms with Crippen molar-refractivity contribution in [1.29, 1.82) is 0 Å². The van der Waals surface area contributed by atoms with Gasteiger partial charge in [0.25, 0.3) is 0 Å². The van der Waals surface area contributed by atoms with E-state index in [4.69, 9.17) is 4.74 Å². The molecule has 0 bridgehead atoms. The fourth-order valence-electron chi connectivity index (χ4n) is 2.55. The Balaban J connectivity index is 2.97. The summed E-state index contributed by atoms with van der Waals surface area (Å²) in [5.41, 5.74) is 1.97. The third kappa shape index (κ3) is 2.31. The van der Waals surface area contributed by atoms with E-state index in [1.807, 2.05) is 13.8 Å². The van der Waals surface area contributed by atoms with Crippen molar-refractivity contribution >= 4 is 5.97 Å². The minimum absolute atomic E-state index is 0.0793. The van der Waals surface area contributed by atoms with Gasteiger partial charge in [0.2, 0.25) is 0 Å². The minimum Gasteiger partial charge on any atom is -0.458 e. The first-order valence-electron chi connectivity index (χ1n) is 6.28. The molecule has 1 saturated heterocycles. The highest BCUT2D eigenvalue weighted by Crippen LogP contribution is 2.36. The third-order valence-electron chi connectivity index (χ3n) is 3.97. The molecule has 0 spiro atoms. The lowest BCUT2D eigenvalue weighted by Crippen LogP contribution is -2.42. The molecular formula is C14H24O2. The van der Waals surface area contributed by atoms with Crippen LogP contribution in [-0.2, 0) is 9.53 Å². The van der Waals surface area contributed by atoms with Gasteiger partial charge in [-0.2, -0.15) is 0 Å². The molecule has 92 valence electrons. The summed E-state index contributed by atoms with van der Waals surface area (Å²) in [6.07, 6.45) is 1.13. The van der Waals surface area contributed by atoms with Crippen molar-refractivity contribution in [3.05, 3.63) is 11.1 Å². The Morgan fingerprint density at radius 3 is 2.38 bits per heavy atom. The van der Waals surface area contributed by atoms with Gasteiger partial charge in [0.1, 0.15) is 6.10 Å². The van der Waals surface area contributed by atoms with Crippen LogP contribution in [-0.4, -0.2) is 12.1 Å². The maximum absolute atomic E-state index is 11.9. The number of esters is 1. The molecule has 1 aliphatic heterocycles. The van der Waals surface area contributed by atoms with Gasteiger partial charge in [-0.25, -0.2) is 4.79 Å². The van der Waals surface area contributed by atoms with Crippen LogP contribution < -0.4 is 0 Å². The first kappa shape index (κ1) is 13.3. The molecule has 0 amide bonds. The van der Waals surface area contributed by atoms with Crippen LogP contribution in [0.15, 0.2) is 11.1 Å². The molecule has 0 aromatic carbocycles. The van der Waals surface area contributed by atoms with Crippen LogP contribution >= 0.6 is 0 Å². The van der Waals surface area contributed by atoms with Gasteiger partial charge in [-0.3, -0.25) is 0 Å². The van der Waals surface area contributed by atoms with Gasteiger partial charge in [0, 0.05) is 11.5 Å². The molecule has 0 N–H and O–H groups in total. The summed E-state index contributed by atoms with van der Waals surface area (Å²) >= 11 is 0. The van der Waals surface area contributed by atoms with Gasteiger partial charge < -0.3 is 4.74 Å². The Morgan fingerprint density at radius 2 is 1.94 bits per heavy atom. The molecule has 1 rings (SSSR count). The van der Waals surface area contributed by atoms with Crippen LogP contribution in [0.2, 0.25) is 0 Å². The van der Waals surface area contributed by atoms with E-state index in [0.717, 1.165) is 17.6 Å². The predicted octanol–water partition coefficient (Wildman–Crippen LogP) is 3.57. The van der Waals surface area contributed by atoms with Gasteiger partial charge in [-0.05, 0) is 25.7 Å². The Morgan fingerprint density at radius 1 is 1.38 bits per heavy atom. The van der Waals surface area contributed by atoms with E-state index in [2.05, 4.69) is 27.7 Å². The van der Waals surface area contributed by atoms with Crippen molar-refractivity contribution in [1.82, 2.24) is 0 Å². The first-order valence-corrected chi connectivity index (χ1v) is 6.28. The molecule has 1 fully saturated rings. The second-order valence-electron chi connectivity index (χ2n) is 5.32. The van der Waals surface area contributed by atoms with E-state index in [0.29, 0.717) is 17.8 Å². The molecule has 2 nitrogen and oxygen atoms in total. The molecular weight excluding hydrogens is 200 g/mol. The van der Waals surface area contributed by atoms with E-state index in [-0.39, 0.29) is 12.1 Å². The maximum Gasteiger partial charge on any atom is 0.334 e. The topological polar surface area (TPSA) is 26.3 Å². The zero-order valence-corrected chi connectivity index (χ0v) is 11.3. The van der Waals surface area contributed by atoms with Crippen molar-refractivity contribution < 1.29 is 9.53 Å². The number of cyclic esters (lactones) is 1. The number of rotatable bonds is 2. The summed E-state index contributed by atoms with van der Waals surface area (Å²) in [6, 6.07) is 0. The van der Waals surface area contributed by atoms with E-state index in [1.165, 1.54) is 0 Å². The molecule has 0 aromatic heterocycles. The van der Waals surface area contributed by atoms with Crippen LogP contribution in [0.4, 0.5) is 0 Å². The van der Waals surface area contributed by atoms with Crippen molar-refractivity contribution in [3.63, 3.8) is 0 Å². The quantitative estimate of drug-likeness (QED) is 0.529. The largest absolute Gasteiger partial charge is 0.458 e. The van der Waals surface area contributed by atoms with Crippen LogP contribution in [0, 0.1) is 17.8 Å². The lowest BCUT2D eigenvalue weighted by molar-refractivity contribution is -0.157. The summed E-state index contributed by atoms with van der Waals surface area (Å²) in [5, 5.41) is 0. The van der Waals surface area contributed by atoms with Crippen molar-refractivity contribution in [3.8, 4) is 0 Å². The summed E-state index contributed by atoms with van der Waals surface area (Å²) in [6.45, 7) is 12.6. The van der Waals surface area contributed by atoms with Crippen LogP contribution in [0.5, 0.6) is 0 Å². The Labute approximate surface area is 99.1 Å². The average molecular weight is 224 g/mol. The first-order chi connectivity index (χ1) is 7.40. The van der Waals surface area contributed by atoms with Crippen molar-refractivity contribution in [2.75, 3.05) is 0 Å². The van der Waals surface area contributed by atoms with Crippen LogP contribution in [0.3, 0.4) is 0 Å². The van der Waals surface area contributed by atoms with Gasteiger partial charge >= 0.3 is 5.97 Å². The van der Waals surface area contributed by atoms with Crippen molar-refractivity contribution in [2.24, 2.45) is 17.8 Å². The van der Waals surface area contributed by atoms with E-state index in [1.54, 1.807) is 0 Å². The van der Waals surface area contributed by atoms with Gasteiger partial charge in [0.15, 0.2) is 0 Å². The number of carbonyl (C=O) groups excluding carboxylic acids is 1. The van der Waals surface area contributed by atoms with Gasteiger partial charge in [0.05, 0.1) is 0 Å². The number of hydrogen-bond acceptors (Lipinski definition) is 2. The van der Waals surface area contributed by atoms with Gasteiger partial charge in [-0.15, -0.1) is 0 Å². The molecule has 2 heteroatoms. The number of ether oxygens (including phenoxy) is 1. The molecule has 0 aliphatic carbocycles. The van der Waals surface area contributed by atoms with Crippen LogP contribution in [0.1, 0.15) is 48.0 Å². The molecule has 0 saturated carbocycles. The second-order valence-corrected chi connectivity index (χ2v) is 5.32. The Hall–Kier alpha value is -0.790. The molecule has 4 unspecified atom stereocenters. The fourth-order valence-corrected chi connectivity index (χ4v) is 2.55. The maximum atomic E-state index is 11.9. The van der Waals surface area contributed by atoms with E-state index in [9.17, 15) is 4.79 Å². The molecule has 0 radical (unpaired) electrons. The molecule has 4 atom stereocenters. The number of allylic oxidation sites excluding steroid dienone is 1. The lowest BCUT2D eigenvalue weighted by Gasteiger charge is -2.38. The third-order valence-corrected chi connectivity index (χ3v) is 3.97.